The predicted molar refractivity (Wildman–Crippen MR) is 104 cm³/mol. The third kappa shape index (κ3) is 4.25. The van der Waals surface area contributed by atoms with Gasteiger partial charge in [0.25, 0.3) is 5.91 Å². The number of nitrogens with zero attached hydrogens (tertiary/aromatic N) is 2. The Morgan fingerprint density at radius 3 is 2.57 bits per heavy atom. The number of halogens is 1. The number of aromatic nitrogens is 2. The van der Waals surface area contributed by atoms with Gasteiger partial charge in [-0.05, 0) is 43.2 Å². The number of carbonyl (C=O) groups excluding carboxylic acids is 1. The van der Waals surface area contributed by atoms with Crippen LogP contribution in [-0.4, -0.2) is 29.3 Å². The molecule has 0 aliphatic rings. The highest BCUT2D eigenvalue weighted by molar-refractivity contribution is 5.92. The fraction of sp³-hybridized carbons (Fsp3) is 0.190. The fourth-order valence-corrected chi connectivity index (χ4v) is 2.77. The van der Waals surface area contributed by atoms with Crippen LogP contribution in [-0.2, 0) is 6.42 Å². The molecule has 1 N–H and O–H groups in total. The quantitative estimate of drug-likeness (QED) is 0.713. The van der Waals surface area contributed by atoms with Crippen LogP contribution in [0.15, 0.2) is 59.4 Å². The first kappa shape index (κ1) is 19.3. The van der Waals surface area contributed by atoms with Crippen LogP contribution in [0.1, 0.15) is 21.7 Å². The zero-order valence-corrected chi connectivity index (χ0v) is 15.6. The lowest BCUT2D eigenvalue weighted by molar-refractivity contribution is 0.0946. The molecule has 1 aromatic heterocycles. The number of ether oxygens (including phenoxy) is 1. The van der Waals surface area contributed by atoms with Gasteiger partial charge in [0, 0.05) is 18.3 Å². The van der Waals surface area contributed by atoms with E-state index >= 15 is 0 Å². The van der Waals surface area contributed by atoms with E-state index in [0.29, 0.717) is 18.7 Å². The fourth-order valence-electron chi connectivity index (χ4n) is 2.77. The summed E-state index contributed by atoms with van der Waals surface area (Å²) in [4.78, 5) is 24.6. The molecular weight excluding hydrogens is 361 g/mol. The molecule has 7 heteroatoms. The van der Waals surface area contributed by atoms with Crippen molar-refractivity contribution in [3.05, 3.63) is 87.6 Å². The monoisotopic (exact) mass is 381 g/mol. The van der Waals surface area contributed by atoms with Crippen molar-refractivity contribution in [3.8, 4) is 11.4 Å². The van der Waals surface area contributed by atoms with Crippen LogP contribution in [0.2, 0.25) is 0 Å². The summed E-state index contributed by atoms with van der Waals surface area (Å²) in [6.07, 6.45) is 0.586. The molecule has 144 valence electrons. The van der Waals surface area contributed by atoms with Crippen LogP contribution < -0.4 is 15.5 Å². The van der Waals surface area contributed by atoms with E-state index in [1.54, 1.807) is 26.2 Å². The molecular formula is C21H20FN3O3. The van der Waals surface area contributed by atoms with Crippen molar-refractivity contribution < 1.29 is 13.9 Å². The van der Waals surface area contributed by atoms with E-state index in [4.69, 9.17) is 4.74 Å². The largest absolute Gasteiger partial charge is 0.497 e. The number of aryl methyl sites for hydroxylation is 1. The number of hydrogen-bond donors (Lipinski definition) is 1. The Labute approximate surface area is 161 Å². The number of hydrogen-bond acceptors (Lipinski definition) is 4. The first-order valence-corrected chi connectivity index (χ1v) is 8.76. The molecule has 0 spiro atoms. The highest BCUT2D eigenvalue weighted by atomic mass is 19.1. The molecule has 1 amide bonds. The SMILES string of the molecule is COc1ccc(CCNC(=O)c2nn(-c3ccccc3F)c(C)cc2=O)cc1. The zero-order chi connectivity index (χ0) is 20.1. The van der Waals surface area contributed by atoms with Gasteiger partial charge in [-0.25, -0.2) is 9.07 Å². The number of rotatable bonds is 6. The van der Waals surface area contributed by atoms with Gasteiger partial charge < -0.3 is 10.1 Å². The number of benzene rings is 2. The second-order valence-electron chi connectivity index (χ2n) is 6.22. The Bertz CT molecular complexity index is 1050. The maximum atomic E-state index is 14.1. The van der Waals surface area contributed by atoms with Gasteiger partial charge in [-0.3, -0.25) is 9.59 Å². The summed E-state index contributed by atoms with van der Waals surface area (Å²) in [6, 6.07) is 14.8. The van der Waals surface area contributed by atoms with Crippen molar-refractivity contribution in [3.63, 3.8) is 0 Å². The van der Waals surface area contributed by atoms with Gasteiger partial charge >= 0.3 is 0 Å². The first-order valence-electron chi connectivity index (χ1n) is 8.76. The van der Waals surface area contributed by atoms with Crippen LogP contribution >= 0.6 is 0 Å². The maximum Gasteiger partial charge on any atom is 0.275 e. The average molecular weight is 381 g/mol. The summed E-state index contributed by atoms with van der Waals surface area (Å²) in [5.74, 6) is -0.332. The molecule has 3 aromatic rings. The maximum absolute atomic E-state index is 14.1. The molecule has 3 rings (SSSR count). The molecule has 2 aromatic carbocycles. The molecule has 0 unspecified atom stereocenters. The van der Waals surface area contributed by atoms with Gasteiger partial charge in [0.1, 0.15) is 17.3 Å². The lowest BCUT2D eigenvalue weighted by atomic mass is 10.1. The Balaban J connectivity index is 1.75. The molecule has 0 bridgehead atoms. The summed E-state index contributed by atoms with van der Waals surface area (Å²) in [5.41, 5.74) is 0.842. The summed E-state index contributed by atoms with van der Waals surface area (Å²) < 4.78 is 20.5. The number of methoxy groups -OCH3 is 1. The molecule has 6 nitrogen and oxygen atoms in total. The molecule has 0 saturated heterocycles. The smallest absolute Gasteiger partial charge is 0.275 e. The molecule has 0 atom stereocenters. The van der Waals surface area contributed by atoms with E-state index in [2.05, 4.69) is 10.4 Å². The highest BCUT2D eigenvalue weighted by Crippen LogP contribution is 2.13. The molecule has 0 fully saturated rings. The zero-order valence-electron chi connectivity index (χ0n) is 15.6. The standard InChI is InChI=1S/C21H20FN3O3/c1-14-13-19(26)20(24-25(14)18-6-4-3-5-17(18)22)21(27)23-12-11-15-7-9-16(28-2)10-8-15/h3-10,13H,11-12H2,1-2H3,(H,23,27). The normalized spacial score (nSPS) is 10.5. The number of carbonyl (C=O) groups is 1. The molecule has 0 saturated carbocycles. The predicted octanol–water partition coefficient (Wildman–Crippen LogP) is 2.66. The topological polar surface area (TPSA) is 73.2 Å². The second kappa shape index (κ2) is 8.47. The number of para-hydroxylation sites is 1. The first-order chi connectivity index (χ1) is 13.5. The van der Waals surface area contributed by atoms with Crippen LogP contribution in [0.4, 0.5) is 4.39 Å². The van der Waals surface area contributed by atoms with Gasteiger partial charge in [0.05, 0.1) is 7.11 Å². The van der Waals surface area contributed by atoms with E-state index in [1.807, 2.05) is 24.3 Å². The van der Waals surface area contributed by atoms with Crippen molar-refractivity contribution in [1.29, 1.82) is 0 Å². The number of nitrogens with one attached hydrogen (secondary N) is 1. The van der Waals surface area contributed by atoms with Crippen molar-refractivity contribution >= 4 is 5.91 Å². The van der Waals surface area contributed by atoms with Gasteiger partial charge in [-0.15, -0.1) is 0 Å². The van der Waals surface area contributed by atoms with Crippen molar-refractivity contribution in [2.75, 3.05) is 13.7 Å². The van der Waals surface area contributed by atoms with Crippen LogP contribution in [0.5, 0.6) is 5.75 Å². The van der Waals surface area contributed by atoms with E-state index in [-0.39, 0.29) is 11.4 Å². The van der Waals surface area contributed by atoms with Gasteiger partial charge in [0.2, 0.25) is 5.43 Å². The lowest BCUT2D eigenvalue weighted by Crippen LogP contribution is -2.33. The summed E-state index contributed by atoms with van der Waals surface area (Å²) in [6.45, 7) is 1.96. The molecule has 1 heterocycles. The second-order valence-corrected chi connectivity index (χ2v) is 6.22. The Kier molecular flexibility index (Phi) is 5.84. The van der Waals surface area contributed by atoms with E-state index in [0.717, 1.165) is 11.3 Å². The van der Waals surface area contributed by atoms with E-state index in [1.165, 1.54) is 22.9 Å². The molecule has 0 aliphatic carbocycles. The lowest BCUT2D eigenvalue weighted by Gasteiger charge is -2.12. The van der Waals surface area contributed by atoms with Crippen molar-refractivity contribution in [2.24, 2.45) is 0 Å². The summed E-state index contributed by atoms with van der Waals surface area (Å²) in [7, 11) is 1.60. The van der Waals surface area contributed by atoms with Gasteiger partial charge in [-0.2, -0.15) is 5.10 Å². The van der Waals surface area contributed by atoms with E-state index < -0.39 is 17.2 Å². The van der Waals surface area contributed by atoms with Crippen molar-refractivity contribution in [2.45, 2.75) is 13.3 Å². The summed E-state index contributed by atoms with van der Waals surface area (Å²) >= 11 is 0. The molecule has 0 radical (unpaired) electrons. The minimum Gasteiger partial charge on any atom is -0.497 e. The Morgan fingerprint density at radius 2 is 1.89 bits per heavy atom. The third-order valence-electron chi connectivity index (χ3n) is 4.26. The van der Waals surface area contributed by atoms with E-state index in [9.17, 15) is 14.0 Å². The molecule has 28 heavy (non-hydrogen) atoms. The van der Waals surface area contributed by atoms with Crippen LogP contribution in [0.25, 0.3) is 5.69 Å². The minimum atomic E-state index is -0.594. The van der Waals surface area contributed by atoms with Crippen LogP contribution in [0.3, 0.4) is 0 Å². The van der Waals surface area contributed by atoms with Crippen LogP contribution in [0, 0.1) is 12.7 Å². The third-order valence-corrected chi connectivity index (χ3v) is 4.26. The average Bonchev–Trinajstić information content (AvgIpc) is 2.69. The number of amides is 1. The van der Waals surface area contributed by atoms with Crippen molar-refractivity contribution in [1.82, 2.24) is 15.1 Å². The summed E-state index contributed by atoms with van der Waals surface area (Å²) in [5, 5.41) is 6.78. The Morgan fingerprint density at radius 1 is 1.18 bits per heavy atom. The van der Waals surface area contributed by atoms with Gasteiger partial charge in [-0.1, -0.05) is 24.3 Å². The Hall–Kier alpha value is -3.48. The minimum absolute atomic E-state index is 0.173. The molecule has 0 aliphatic heterocycles. The van der Waals surface area contributed by atoms with Gasteiger partial charge in [0.15, 0.2) is 5.69 Å². The highest BCUT2D eigenvalue weighted by Gasteiger charge is 2.16.